The molecule has 2 aromatic carbocycles. The van der Waals surface area contributed by atoms with Gasteiger partial charge in [-0.05, 0) is 68.0 Å². The van der Waals surface area contributed by atoms with Gasteiger partial charge in [0, 0.05) is 29.7 Å². The average Bonchev–Trinajstić information content (AvgIpc) is 2.99. The average molecular weight is 562 g/mol. The van der Waals surface area contributed by atoms with Gasteiger partial charge in [-0.15, -0.1) is 0 Å². The van der Waals surface area contributed by atoms with Crippen LogP contribution in [0.4, 0.5) is 0 Å². The second-order valence-electron chi connectivity index (χ2n) is 10.9. The minimum atomic E-state index is -0.593. The molecule has 0 bridgehead atoms. The summed E-state index contributed by atoms with van der Waals surface area (Å²) in [5.41, 5.74) is 3.68. The van der Waals surface area contributed by atoms with Crippen LogP contribution in [0.1, 0.15) is 68.4 Å². The number of methoxy groups -OCH3 is 4. The molecule has 1 aliphatic heterocycles. The highest BCUT2D eigenvalue weighted by atomic mass is 16.5. The molecule has 2 aliphatic carbocycles. The second kappa shape index (κ2) is 12.3. The Labute approximate surface area is 241 Å². The van der Waals surface area contributed by atoms with Crippen LogP contribution in [0.5, 0.6) is 23.0 Å². The van der Waals surface area contributed by atoms with Gasteiger partial charge in [0.25, 0.3) is 0 Å². The van der Waals surface area contributed by atoms with Crippen LogP contribution in [0.25, 0.3) is 0 Å². The van der Waals surface area contributed by atoms with Crippen LogP contribution in [0, 0.1) is 5.92 Å². The van der Waals surface area contributed by atoms with Crippen LogP contribution in [-0.2, 0) is 14.3 Å². The van der Waals surface area contributed by atoms with Gasteiger partial charge in [0.2, 0.25) is 5.75 Å². The number of esters is 1. The lowest BCUT2D eigenvalue weighted by Crippen LogP contribution is -2.42. The number of hydrogen-bond donors (Lipinski definition) is 1. The zero-order chi connectivity index (χ0) is 29.1. The normalized spacial score (nSPS) is 22.7. The third kappa shape index (κ3) is 5.65. The summed E-state index contributed by atoms with van der Waals surface area (Å²) < 4.78 is 28.2. The maximum atomic E-state index is 14.0. The van der Waals surface area contributed by atoms with Gasteiger partial charge in [-0.2, -0.15) is 0 Å². The fraction of sp³-hybridized carbons (Fsp3) is 0.455. The molecule has 5 rings (SSSR count). The number of fused-ring (bicyclic) bond motifs is 1. The molecule has 3 atom stereocenters. The number of carbonyl (C=O) groups excluding carboxylic acids is 2. The fourth-order valence-corrected chi connectivity index (χ4v) is 6.45. The maximum Gasteiger partial charge on any atom is 0.336 e. The van der Waals surface area contributed by atoms with E-state index in [0.29, 0.717) is 34.9 Å². The Bertz CT molecular complexity index is 1330. The molecule has 1 fully saturated rings. The van der Waals surface area contributed by atoms with E-state index in [1.54, 1.807) is 28.4 Å². The van der Waals surface area contributed by atoms with E-state index in [-0.39, 0.29) is 23.8 Å². The monoisotopic (exact) mass is 561 g/mol. The number of allylic oxidation sites excluding steroid dienone is 3. The van der Waals surface area contributed by atoms with Gasteiger partial charge in [0.15, 0.2) is 11.5 Å². The van der Waals surface area contributed by atoms with Gasteiger partial charge < -0.3 is 29.0 Å². The number of hydrogen-bond acceptors (Lipinski definition) is 8. The predicted octanol–water partition coefficient (Wildman–Crippen LogP) is 5.81. The molecule has 1 heterocycles. The number of nitrogens with one attached hydrogen (secondary N) is 1. The molecular formula is C33H39NO7. The Kier molecular flexibility index (Phi) is 8.57. The van der Waals surface area contributed by atoms with Gasteiger partial charge >= 0.3 is 5.97 Å². The van der Waals surface area contributed by atoms with Crippen molar-refractivity contribution >= 4 is 11.8 Å². The highest BCUT2D eigenvalue weighted by molar-refractivity contribution is 5.96. The first-order chi connectivity index (χ1) is 19.9. The summed E-state index contributed by atoms with van der Waals surface area (Å²) in [5.74, 6) is 0.517. The van der Waals surface area contributed by atoms with E-state index in [1.165, 1.54) is 0 Å². The lowest BCUT2D eigenvalue weighted by atomic mass is 9.68. The fourth-order valence-electron chi connectivity index (χ4n) is 6.45. The van der Waals surface area contributed by atoms with Crippen LogP contribution in [-0.4, -0.2) is 46.3 Å². The quantitative estimate of drug-likeness (QED) is 0.404. The summed E-state index contributed by atoms with van der Waals surface area (Å²) in [4.78, 5) is 27.9. The first kappa shape index (κ1) is 28.6. The minimum Gasteiger partial charge on any atom is -0.497 e. The van der Waals surface area contributed by atoms with Crippen LogP contribution in [0.15, 0.2) is 59.4 Å². The van der Waals surface area contributed by atoms with E-state index in [9.17, 15) is 9.59 Å². The number of benzene rings is 2. The van der Waals surface area contributed by atoms with Crippen LogP contribution in [0.2, 0.25) is 0 Å². The molecule has 41 heavy (non-hydrogen) atoms. The molecule has 0 spiro atoms. The van der Waals surface area contributed by atoms with Crippen molar-refractivity contribution < 1.29 is 33.3 Å². The Morgan fingerprint density at radius 3 is 2.07 bits per heavy atom. The highest BCUT2D eigenvalue weighted by Crippen LogP contribution is 2.49. The van der Waals surface area contributed by atoms with Crippen LogP contribution in [0.3, 0.4) is 0 Å². The molecular weight excluding hydrogens is 522 g/mol. The summed E-state index contributed by atoms with van der Waals surface area (Å²) in [5, 5.41) is 3.43. The van der Waals surface area contributed by atoms with Crippen molar-refractivity contribution in [3.8, 4) is 23.0 Å². The number of rotatable bonds is 8. The van der Waals surface area contributed by atoms with E-state index < -0.39 is 11.8 Å². The molecule has 3 aliphatic rings. The molecule has 2 aromatic rings. The van der Waals surface area contributed by atoms with E-state index in [2.05, 4.69) is 11.4 Å². The van der Waals surface area contributed by atoms with Crippen LogP contribution < -0.4 is 24.3 Å². The lowest BCUT2D eigenvalue weighted by molar-refractivity contribution is -0.146. The molecule has 8 heteroatoms. The Morgan fingerprint density at radius 1 is 0.829 bits per heavy atom. The Hall–Kier alpha value is -3.94. The van der Waals surface area contributed by atoms with Crippen molar-refractivity contribution in [3.05, 3.63) is 70.6 Å². The molecule has 218 valence electrons. The minimum absolute atomic E-state index is 0.0463. The third-order valence-electron chi connectivity index (χ3n) is 8.50. The molecule has 1 saturated carbocycles. The highest BCUT2D eigenvalue weighted by Gasteiger charge is 2.46. The summed E-state index contributed by atoms with van der Waals surface area (Å²) in [6.45, 7) is 1.88. The molecule has 0 saturated heterocycles. The molecule has 0 radical (unpaired) electrons. The van der Waals surface area contributed by atoms with E-state index in [4.69, 9.17) is 23.7 Å². The van der Waals surface area contributed by atoms with Crippen LogP contribution >= 0.6 is 0 Å². The number of ketones is 1. The summed E-state index contributed by atoms with van der Waals surface area (Å²) in [7, 11) is 6.29. The molecule has 0 amide bonds. The molecule has 0 aromatic heterocycles. The van der Waals surface area contributed by atoms with E-state index in [1.807, 2.05) is 43.3 Å². The summed E-state index contributed by atoms with van der Waals surface area (Å²) >= 11 is 0. The first-order valence-corrected chi connectivity index (χ1v) is 14.3. The molecule has 1 N–H and O–H groups in total. The van der Waals surface area contributed by atoms with E-state index in [0.717, 1.165) is 54.7 Å². The van der Waals surface area contributed by atoms with Crippen molar-refractivity contribution in [1.29, 1.82) is 0 Å². The van der Waals surface area contributed by atoms with Gasteiger partial charge in [-0.1, -0.05) is 24.6 Å². The van der Waals surface area contributed by atoms with Crippen molar-refractivity contribution in [3.63, 3.8) is 0 Å². The largest absolute Gasteiger partial charge is 0.497 e. The van der Waals surface area contributed by atoms with Gasteiger partial charge in [-0.3, -0.25) is 4.79 Å². The second-order valence-corrected chi connectivity index (χ2v) is 10.9. The SMILES string of the molecule is COc1ccc(C2C=C3NC(C)=C(C(=O)OC4CCCCC4)C(c4cc(OC)c(OC)c(OC)c4)C3C(=O)C2)cc1. The number of ether oxygens (including phenoxy) is 5. The third-order valence-corrected chi connectivity index (χ3v) is 8.50. The van der Waals surface area contributed by atoms with Crippen molar-refractivity contribution in [2.24, 2.45) is 5.92 Å². The van der Waals surface area contributed by atoms with E-state index >= 15 is 0 Å². The topological polar surface area (TPSA) is 92.3 Å². The summed E-state index contributed by atoms with van der Waals surface area (Å²) in [6.07, 6.45) is 7.28. The molecule has 8 nitrogen and oxygen atoms in total. The lowest BCUT2D eigenvalue weighted by Gasteiger charge is -2.40. The van der Waals surface area contributed by atoms with Gasteiger partial charge in [-0.25, -0.2) is 4.79 Å². The Morgan fingerprint density at radius 2 is 1.49 bits per heavy atom. The Balaban J connectivity index is 1.61. The first-order valence-electron chi connectivity index (χ1n) is 14.3. The smallest absolute Gasteiger partial charge is 0.336 e. The van der Waals surface area contributed by atoms with Gasteiger partial charge in [0.05, 0.1) is 39.9 Å². The van der Waals surface area contributed by atoms with Crippen molar-refractivity contribution in [2.45, 2.75) is 63.4 Å². The zero-order valence-corrected chi connectivity index (χ0v) is 24.5. The predicted molar refractivity (Wildman–Crippen MR) is 155 cm³/mol. The van der Waals surface area contributed by atoms with Crippen molar-refractivity contribution in [1.82, 2.24) is 5.32 Å². The maximum absolute atomic E-state index is 14.0. The van der Waals surface area contributed by atoms with Crippen molar-refractivity contribution in [2.75, 3.05) is 28.4 Å². The molecule has 3 unspecified atom stereocenters. The summed E-state index contributed by atoms with van der Waals surface area (Å²) in [6, 6.07) is 11.5. The standard InChI is InChI=1S/C33H39NO7/c1-19-29(33(36)41-24-9-7-6-8-10-24)30(22-17-27(38-3)32(40-5)28(18-22)39-4)31-25(34-19)15-21(16-26(31)35)20-11-13-23(37-2)14-12-20/h11-15,17-18,21,24,30-31,34H,6-10,16H2,1-5H3. The zero-order valence-electron chi connectivity index (χ0n) is 24.5. The number of Topliss-reactive ketones (excluding diaryl/α,β-unsaturated/α-hetero) is 1. The number of carbonyl (C=O) groups is 2. The van der Waals surface area contributed by atoms with Gasteiger partial charge in [0.1, 0.15) is 17.6 Å².